The summed E-state index contributed by atoms with van der Waals surface area (Å²) in [6, 6.07) is 6.99. The second-order valence-electron chi connectivity index (χ2n) is 6.37. The van der Waals surface area contributed by atoms with E-state index in [0.29, 0.717) is 11.4 Å². The van der Waals surface area contributed by atoms with Gasteiger partial charge in [0.25, 0.3) is 0 Å². The van der Waals surface area contributed by atoms with Crippen molar-refractivity contribution in [3.63, 3.8) is 0 Å². The van der Waals surface area contributed by atoms with Gasteiger partial charge in [0.1, 0.15) is 11.9 Å². The van der Waals surface area contributed by atoms with E-state index < -0.39 is 11.1 Å². The normalized spacial score (nSPS) is 18.9. The first-order valence-corrected chi connectivity index (χ1v) is 8.90. The SMILES string of the molecule is CNc1cc2c(cc1F)C1O[C@H]1N(c1ccc(NC(=O)N[N+](=O)[O-])c(Cl)c1)C=C2. The van der Waals surface area contributed by atoms with E-state index in [1.165, 1.54) is 17.6 Å². The molecule has 0 radical (unpaired) electrons. The van der Waals surface area contributed by atoms with Crippen LogP contribution in [0, 0.1) is 15.9 Å². The van der Waals surface area contributed by atoms with Gasteiger partial charge in [0.2, 0.25) is 0 Å². The lowest BCUT2D eigenvalue weighted by Crippen LogP contribution is -2.33. The summed E-state index contributed by atoms with van der Waals surface area (Å²) in [5.41, 5.74) is 4.36. The molecule has 150 valence electrons. The van der Waals surface area contributed by atoms with Gasteiger partial charge in [0, 0.05) is 18.9 Å². The molecule has 0 saturated carbocycles. The van der Waals surface area contributed by atoms with Crippen molar-refractivity contribution in [2.24, 2.45) is 0 Å². The van der Waals surface area contributed by atoms with Crippen LogP contribution in [0.1, 0.15) is 17.2 Å². The van der Waals surface area contributed by atoms with Crippen molar-refractivity contribution in [3.8, 4) is 0 Å². The lowest BCUT2D eigenvalue weighted by atomic mass is 10.0. The molecule has 3 N–H and O–H groups in total. The fraction of sp³-hybridized carbons (Fsp3) is 0.167. The van der Waals surface area contributed by atoms with E-state index in [1.807, 2.05) is 17.2 Å². The average molecular weight is 420 g/mol. The van der Waals surface area contributed by atoms with Crippen LogP contribution in [0.3, 0.4) is 0 Å². The molecule has 1 fully saturated rings. The van der Waals surface area contributed by atoms with Crippen LogP contribution in [0.4, 0.5) is 26.2 Å². The Morgan fingerprint density at radius 1 is 1.31 bits per heavy atom. The predicted octanol–water partition coefficient (Wildman–Crippen LogP) is 3.72. The smallest absolute Gasteiger partial charge is 0.377 e. The molecule has 2 aliphatic heterocycles. The molecule has 0 spiro atoms. The molecule has 2 amide bonds. The van der Waals surface area contributed by atoms with Crippen LogP contribution in [0.5, 0.6) is 0 Å². The van der Waals surface area contributed by atoms with Gasteiger partial charge in [-0.15, -0.1) is 0 Å². The van der Waals surface area contributed by atoms with Crippen molar-refractivity contribution in [1.82, 2.24) is 5.43 Å². The van der Waals surface area contributed by atoms with Crippen LogP contribution in [0.15, 0.2) is 36.5 Å². The Morgan fingerprint density at radius 2 is 2.10 bits per heavy atom. The number of urea groups is 1. The number of nitrogens with zero attached hydrogens (tertiary/aromatic N) is 2. The maximum Gasteiger partial charge on any atom is 0.377 e. The molecule has 2 heterocycles. The molecule has 0 bridgehead atoms. The molecule has 2 aromatic rings. The number of ether oxygens (including phenoxy) is 1. The van der Waals surface area contributed by atoms with Crippen LogP contribution in [0.2, 0.25) is 5.02 Å². The number of hydrogen-bond acceptors (Lipinski definition) is 6. The number of epoxide rings is 1. The van der Waals surface area contributed by atoms with Crippen LogP contribution in [0.25, 0.3) is 6.08 Å². The molecule has 29 heavy (non-hydrogen) atoms. The Labute approximate surface area is 169 Å². The van der Waals surface area contributed by atoms with Gasteiger partial charge in [-0.2, -0.15) is 0 Å². The third kappa shape index (κ3) is 3.67. The van der Waals surface area contributed by atoms with E-state index in [0.717, 1.165) is 11.1 Å². The summed E-state index contributed by atoms with van der Waals surface area (Å²) < 4.78 is 19.9. The summed E-state index contributed by atoms with van der Waals surface area (Å²) in [5, 5.41) is 14.7. The number of nitro groups is 1. The van der Waals surface area contributed by atoms with E-state index in [4.69, 9.17) is 16.3 Å². The molecular formula is C18H15ClFN5O4. The number of rotatable bonds is 4. The highest BCUT2D eigenvalue weighted by Gasteiger charge is 2.47. The Bertz CT molecular complexity index is 1050. The Hall–Kier alpha value is -3.37. The lowest BCUT2D eigenvalue weighted by Gasteiger charge is -2.18. The van der Waals surface area contributed by atoms with E-state index in [1.54, 1.807) is 25.2 Å². The van der Waals surface area contributed by atoms with Gasteiger partial charge in [-0.05, 0) is 47.5 Å². The number of fused-ring (bicyclic) bond motifs is 3. The fourth-order valence-electron chi connectivity index (χ4n) is 3.21. The maximum absolute atomic E-state index is 14.1. The first-order valence-electron chi connectivity index (χ1n) is 8.52. The van der Waals surface area contributed by atoms with Crippen molar-refractivity contribution in [3.05, 3.63) is 68.6 Å². The Kier molecular flexibility index (Phi) is 4.73. The van der Waals surface area contributed by atoms with Gasteiger partial charge in [0.15, 0.2) is 11.3 Å². The number of benzene rings is 2. The molecule has 2 aromatic carbocycles. The van der Waals surface area contributed by atoms with Gasteiger partial charge in [-0.1, -0.05) is 17.0 Å². The van der Waals surface area contributed by atoms with Crippen molar-refractivity contribution < 1.29 is 19.0 Å². The quantitative estimate of drug-likeness (QED) is 0.395. The third-order valence-electron chi connectivity index (χ3n) is 4.60. The highest BCUT2D eigenvalue weighted by atomic mass is 35.5. The fourth-order valence-corrected chi connectivity index (χ4v) is 3.43. The summed E-state index contributed by atoms with van der Waals surface area (Å²) in [4.78, 5) is 23.6. The molecule has 4 rings (SSSR count). The zero-order valence-electron chi connectivity index (χ0n) is 15.0. The molecule has 1 saturated heterocycles. The molecule has 11 heteroatoms. The highest BCUT2D eigenvalue weighted by Crippen LogP contribution is 2.47. The minimum Gasteiger partial charge on any atom is -0.386 e. The third-order valence-corrected chi connectivity index (χ3v) is 4.91. The number of anilines is 3. The van der Waals surface area contributed by atoms with E-state index in [-0.39, 0.29) is 28.9 Å². The summed E-state index contributed by atoms with van der Waals surface area (Å²) >= 11 is 6.22. The minimum atomic E-state index is -1.01. The number of carbonyl (C=O) groups is 1. The maximum atomic E-state index is 14.1. The Balaban J connectivity index is 1.58. The number of halogens is 2. The number of hydrazine groups is 1. The monoisotopic (exact) mass is 419 g/mol. The first-order chi connectivity index (χ1) is 13.9. The van der Waals surface area contributed by atoms with E-state index in [2.05, 4.69) is 10.6 Å². The molecule has 2 atom stereocenters. The van der Waals surface area contributed by atoms with Gasteiger partial charge in [-0.3, -0.25) is 0 Å². The van der Waals surface area contributed by atoms with Crippen molar-refractivity contribution >= 4 is 40.8 Å². The zero-order valence-corrected chi connectivity index (χ0v) is 15.7. The number of amides is 2. The van der Waals surface area contributed by atoms with Crippen LogP contribution >= 0.6 is 11.6 Å². The number of hydrogen-bond donors (Lipinski definition) is 3. The molecule has 2 aliphatic rings. The first kappa shape index (κ1) is 19.0. The van der Waals surface area contributed by atoms with Crippen LogP contribution in [-0.4, -0.2) is 24.3 Å². The number of carbonyl (C=O) groups excluding carboxylic acids is 1. The van der Waals surface area contributed by atoms with Gasteiger partial charge in [0.05, 0.1) is 16.4 Å². The van der Waals surface area contributed by atoms with Gasteiger partial charge < -0.3 is 20.3 Å². The van der Waals surface area contributed by atoms with E-state index in [9.17, 15) is 19.3 Å². The standard InChI is InChI=1S/C18H15ClFN5O4/c1-21-15-6-9-4-5-24(17-16(29-17)11(9)8-13(15)20)10-2-3-14(12(19)7-10)22-18(26)23-25(27)28/h2-8,16-17,21H,1H3,(H2,22,23,26)/t16?,17-/m1/s1. The lowest BCUT2D eigenvalue weighted by molar-refractivity contribution is -0.527. The topological polar surface area (TPSA) is 112 Å². The molecular weight excluding hydrogens is 405 g/mol. The summed E-state index contributed by atoms with van der Waals surface area (Å²) in [6.45, 7) is 0. The molecule has 0 aromatic heterocycles. The van der Waals surface area contributed by atoms with E-state index >= 15 is 0 Å². The van der Waals surface area contributed by atoms with Crippen LogP contribution in [-0.2, 0) is 4.74 Å². The van der Waals surface area contributed by atoms with Crippen molar-refractivity contribution in [2.75, 3.05) is 22.6 Å². The summed E-state index contributed by atoms with van der Waals surface area (Å²) in [7, 11) is 1.65. The summed E-state index contributed by atoms with van der Waals surface area (Å²) in [5.74, 6) is -0.353. The van der Waals surface area contributed by atoms with Crippen molar-refractivity contribution in [2.45, 2.75) is 12.3 Å². The average Bonchev–Trinajstić information content (AvgIpc) is 3.44. The second-order valence-corrected chi connectivity index (χ2v) is 6.78. The summed E-state index contributed by atoms with van der Waals surface area (Å²) in [6.07, 6.45) is 3.06. The second kappa shape index (κ2) is 7.22. The minimum absolute atomic E-state index is 0.192. The molecule has 0 aliphatic carbocycles. The Morgan fingerprint density at radius 3 is 2.79 bits per heavy atom. The largest absolute Gasteiger partial charge is 0.386 e. The van der Waals surface area contributed by atoms with Crippen molar-refractivity contribution in [1.29, 1.82) is 0 Å². The molecule has 1 unspecified atom stereocenters. The van der Waals surface area contributed by atoms with Gasteiger partial charge >= 0.3 is 6.03 Å². The number of nitrogens with one attached hydrogen (secondary N) is 3. The predicted molar refractivity (Wildman–Crippen MR) is 106 cm³/mol. The zero-order chi connectivity index (χ0) is 20.7. The van der Waals surface area contributed by atoms with Crippen LogP contribution < -0.4 is 21.0 Å². The van der Waals surface area contributed by atoms with Gasteiger partial charge in [-0.25, -0.2) is 19.3 Å². The highest BCUT2D eigenvalue weighted by molar-refractivity contribution is 6.34. The molecule has 9 nitrogen and oxygen atoms in total.